The molecule has 0 heterocycles. The van der Waals surface area contributed by atoms with Crippen LogP contribution in [0.5, 0.6) is 0 Å². The van der Waals surface area contributed by atoms with Gasteiger partial charge in [-0.15, -0.1) is 0 Å². The first-order chi connectivity index (χ1) is 17.8. The number of alkyl carbamates (subject to hydrolysis) is 1. The highest BCUT2D eigenvalue weighted by atomic mass is 16.6. The number of hydrogen-bond donors (Lipinski definition) is 3. The van der Waals surface area contributed by atoms with E-state index in [1.165, 1.54) is 4.90 Å². The van der Waals surface area contributed by atoms with Crippen molar-refractivity contribution < 1.29 is 23.9 Å². The molecule has 0 saturated heterocycles. The van der Waals surface area contributed by atoms with Crippen LogP contribution in [-0.4, -0.2) is 46.4 Å². The molecule has 2 aromatic carbocycles. The molecule has 204 valence electrons. The van der Waals surface area contributed by atoms with Crippen molar-refractivity contribution in [3.8, 4) is 0 Å². The molecule has 1 aliphatic rings. The number of carbonyl (C=O) groups is 4. The Kier molecular flexibility index (Phi) is 8.81. The van der Waals surface area contributed by atoms with Crippen molar-refractivity contribution >= 4 is 29.5 Å². The molecule has 0 bridgehead atoms. The van der Waals surface area contributed by atoms with E-state index in [-0.39, 0.29) is 11.9 Å². The zero-order chi connectivity index (χ0) is 28.2. The summed E-state index contributed by atoms with van der Waals surface area (Å²) in [6.07, 6.45) is 0.112. The van der Waals surface area contributed by atoms with Gasteiger partial charge in [0.25, 0.3) is 5.91 Å². The number of aryl methyl sites for hydroxylation is 3. The van der Waals surface area contributed by atoms with Crippen LogP contribution in [-0.2, 0) is 19.1 Å². The van der Waals surface area contributed by atoms with Gasteiger partial charge in [-0.1, -0.05) is 48.0 Å². The van der Waals surface area contributed by atoms with Crippen molar-refractivity contribution in [2.75, 3.05) is 5.32 Å². The maximum atomic E-state index is 14.0. The number of primary amides is 1. The fraction of sp³-hybridized carbons (Fsp3) is 0.448. The lowest BCUT2D eigenvalue weighted by Gasteiger charge is -2.34. The van der Waals surface area contributed by atoms with Gasteiger partial charge < -0.3 is 26.0 Å². The fourth-order valence-corrected chi connectivity index (χ4v) is 4.38. The van der Waals surface area contributed by atoms with E-state index in [9.17, 15) is 19.2 Å². The molecule has 2 atom stereocenters. The average Bonchev–Trinajstić information content (AvgIpc) is 3.62. The van der Waals surface area contributed by atoms with Crippen LogP contribution in [0.3, 0.4) is 0 Å². The first-order valence-electron chi connectivity index (χ1n) is 12.8. The number of rotatable bonds is 9. The molecule has 2 unspecified atom stereocenters. The maximum absolute atomic E-state index is 14.0. The molecule has 2 aromatic rings. The first kappa shape index (κ1) is 28.7. The number of benzene rings is 2. The number of nitrogens with one attached hydrogen (secondary N) is 2. The molecule has 1 fully saturated rings. The molecule has 9 heteroatoms. The summed E-state index contributed by atoms with van der Waals surface area (Å²) < 4.78 is 5.32. The maximum Gasteiger partial charge on any atom is 0.408 e. The van der Waals surface area contributed by atoms with E-state index < -0.39 is 42.0 Å². The van der Waals surface area contributed by atoms with Gasteiger partial charge in [0.2, 0.25) is 11.8 Å². The van der Waals surface area contributed by atoms with E-state index in [1.54, 1.807) is 26.8 Å². The minimum atomic E-state index is -1.29. The van der Waals surface area contributed by atoms with Crippen LogP contribution < -0.4 is 16.4 Å². The van der Waals surface area contributed by atoms with Crippen molar-refractivity contribution in [3.05, 3.63) is 64.7 Å². The molecular weight excluding hydrogens is 484 g/mol. The Morgan fingerprint density at radius 1 is 1.03 bits per heavy atom. The van der Waals surface area contributed by atoms with Crippen molar-refractivity contribution in [1.82, 2.24) is 10.2 Å². The van der Waals surface area contributed by atoms with E-state index in [0.29, 0.717) is 24.1 Å². The SMILES string of the molecule is Cc1cccc(C(C(=O)Nc2c(C)cccc2C)N(C(=O)C(CC(N)=O)NC(=O)OC(C)(C)C)C2CC2)c1. The summed E-state index contributed by atoms with van der Waals surface area (Å²) in [5, 5.41) is 5.54. The predicted molar refractivity (Wildman–Crippen MR) is 145 cm³/mol. The standard InChI is InChI=1S/C29H38N4O5/c1-17-9-7-12-20(15-17)25(26(35)32-24-18(2)10-8-11-19(24)3)33(21-13-14-21)27(36)22(16-23(30)34)31-28(37)38-29(4,5)6/h7-12,15,21-22,25H,13-14,16H2,1-6H3,(H2,30,34)(H,31,37)(H,32,35). The highest BCUT2D eigenvalue weighted by Gasteiger charge is 2.44. The Morgan fingerprint density at radius 3 is 2.16 bits per heavy atom. The Morgan fingerprint density at radius 2 is 1.63 bits per heavy atom. The zero-order valence-corrected chi connectivity index (χ0v) is 23.0. The Labute approximate surface area is 224 Å². The summed E-state index contributed by atoms with van der Waals surface area (Å²) in [6.45, 7) is 10.8. The number of carbonyl (C=O) groups excluding carboxylic acids is 4. The summed E-state index contributed by atoms with van der Waals surface area (Å²) in [7, 11) is 0. The molecule has 4 N–H and O–H groups in total. The molecule has 3 rings (SSSR count). The molecule has 0 aliphatic heterocycles. The highest BCUT2D eigenvalue weighted by Crippen LogP contribution is 2.37. The second-order valence-corrected chi connectivity index (χ2v) is 10.9. The molecule has 1 aliphatic carbocycles. The third-order valence-corrected chi connectivity index (χ3v) is 6.20. The van der Waals surface area contributed by atoms with Crippen LogP contribution >= 0.6 is 0 Å². The number of hydrogen-bond acceptors (Lipinski definition) is 5. The summed E-state index contributed by atoms with van der Waals surface area (Å²) in [5.74, 6) is -1.72. The van der Waals surface area contributed by atoms with Gasteiger partial charge in [0.1, 0.15) is 17.7 Å². The largest absolute Gasteiger partial charge is 0.444 e. The van der Waals surface area contributed by atoms with Crippen LogP contribution in [0.25, 0.3) is 0 Å². The lowest BCUT2D eigenvalue weighted by molar-refractivity contribution is -0.142. The van der Waals surface area contributed by atoms with Gasteiger partial charge in [0.15, 0.2) is 0 Å². The smallest absolute Gasteiger partial charge is 0.408 e. The number of nitrogens with zero attached hydrogens (tertiary/aromatic N) is 1. The molecule has 1 saturated carbocycles. The predicted octanol–water partition coefficient (Wildman–Crippen LogP) is 4.05. The normalized spacial score (nSPS) is 14.7. The highest BCUT2D eigenvalue weighted by molar-refractivity contribution is 6.00. The number of para-hydroxylation sites is 1. The number of anilines is 1. The number of ether oxygens (including phenoxy) is 1. The number of nitrogens with two attached hydrogens (primary N) is 1. The first-order valence-corrected chi connectivity index (χ1v) is 12.8. The molecule has 9 nitrogen and oxygen atoms in total. The van der Waals surface area contributed by atoms with E-state index in [1.807, 2.05) is 57.2 Å². The van der Waals surface area contributed by atoms with E-state index in [4.69, 9.17) is 10.5 Å². The van der Waals surface area contributed by atoms with Gasteiger partial charge in [-0.2, -0.15) is 0 Å². The van der Waals surface area contributed by atoms with Crippen molar-refractivity contribution in [1.29, 1.82) is 0 Å². The van der Waals surface area contributed by atoms with Gasteiger partial charge in [-0.05, 0) is 71.1 Å². The zero-order valence-electron chi connectivity index (χ0n) is 23.0. The Bertz CT molecular complexity index is 1200. The van der Waals surface area contributed by atoms with Crippen LogP contribution in [0.4, 0.5) is 10.5 Å². The van der Waals surface area contributed by atoms with Gasteiger partial charge in [-0.3, -0.25) is 14.4 Å². The van der Waals surface area contributed by atoms with Crippen molar-refractivity contribution in [2.45, 2.75) is 84.5 Å². The topological polar surface area (TPSA) is 131 Å². The van der Waals surface area contributed by atoms with Crippen LogP contribution in [0.15, 0.2) is 42.5 Å². The van der Waals surface area contributed by atoms with Gasteiger partial charge >= 0.3 is 6.09 Å². The molecule has 0 spiro atoms. The minimum absolute atomic E-state index is 0.229. The third-order valence-electron chi connectivity index (χ3n) is 6.20. The summed E-state index contributed by atoms with van der Waals surface area (Å²) in [4.78, 5) is 53.9. The Hall–Kier alpha value is -3.88. The van der Waals surface area contributed by atoms with Crippen LogP contribution in [0.2, 0.25) is 0 Å². The molecule has 0 radical (unpaired) electrons. The van der Waals surface area contributed by atoms with Crippen LogP contribution in [0, 0.1) is 20.8 Å². The summed E-state index contributed by atoms with van der Waals surface area (Å²) >= 11 is 0. The molecule has 4 amide bonds. The van der Waals surface area contributed by atoms with E-state index in [2.05, 4.69) is 10.6 Å². The molecule has 0 aromatic heterocycles. The summed E-state index contributed by atoms with van der Waals surface area (Å²) in [6, 6.07) is 10.6. The fourth-order valence-electron chi connectivity index (χ4n) is 4.38. The third kappa shape index (κ3) is 7.57. The van der Waals surface area contributed by atoms with Gasteiger partial charge in [0, 0.05) is 11.7 Å². The monoisotopic (exact) mass is 522 g/mol. The minimum Gasteiger partial charge on any atom is -0.444 e. The van der Waals surface area contributed by atoms with Crippen LogP contribution in [0.1, 0.15) is 68.3 Å². The van der Waals surface area contributed by atoms with Crippen molar-refractivity contribution in [3.63, 3.8) is 0 Å². The van der Waals surface area contributed by atoms with E-state index in [0.717, 1.165) is 16.7 Å². The quantitative estimate of drug-likeness (QED) is 0.457. The van der Waals surface area contributed by atoms with Gasteiger partial charge in [-0.25, -0.2) is 4.79 Å². The molecule has 38 heavy (non-hydrogen) atoms. The van der Waals surface area contributed by atoms with Gasteiger partial charge in [0.05, 0.1) is 6.42 Å². The van der Waals surface area contributed by atoms with E-state index >= 15 is 0 Å². The second kappa shape index (κ2) is 11.7. The summed E-state index contributed by atoms with van der Waals surface area (Å²) in [5.41, 5.74) is 8.66. The lowest BCUT2D eigenvalue weighted by atomic mass is 9.99. The number of amides is 4. The molecular formula is C29H38N4O5. The lowest BCUT2D eigenvalue weighted by Crippen LogP contribution is -2.54. The average molecular weight is 523 g/mol. The Balaban J connectivity index is 2.02. The van der Waals surface area contributed by atoms with Crippen molar-refractivity contribution in [2.24, 2.45) is 5.73 Å². The second-order valence-electron chi connectivity index (χ2n) is 10.9.